The van der Waals surface area contributed by atoms with Crippen molar-refractivity contribution in [3.63, 3.8) is 0 Å². The second-order valence-corrected chi connectivity index (χ2v) is 4.46. The van der Waals surface area contributed by atoms with Crippen LogP contribution in [0.2, 0.25) is 0 Å². The highest BCUT2D eigenvalue weighted by Crippen LogP contribution is 2.30. The monoisotopic (exact) mass is 209 g/mol. The second-order valence-electron chi connectivity index (χ2n) is 2.43. The van der Waals surface area contributed by atoms with Crippen molar-refractivity contribution in [3.05, 3.63) is 34.5 Å². The van der Waals surface area contributed by atoms with Gasteiger partial charge in [-0.25, -0.2) is 0 Å². The lowest BCUT2D eigenvalue weighted by atomic mass is 10.4. The fourth-order valence-electron chi connectivity index (χ4n) is 0.999. The van der Waals surface area contributed by atoms with E-state index in [4.69, 9.17) is 0 Å². The minimum atomic E-state index is -1.10. The van der Waals surface area contributed by atoms with Gasteiger partial charge in [0.25, 0.3) is 0 Å². The van der Waals surface area contributed by atoms with Crippen LogP contribution in [0.1, 0.15) is 9.67 Å². The van der Waals surface area contributed by atoms with Crippen LogP contribution in [0.15, 0.2) is 29.6 Å². The average Bonchev–Trinajstić information content (AvgIpc) is 2.75. The number of carboxylic acids is 1. The summed E-state index contributed by atoms with van der Waals surface area (Å²) in [5, 5.41) is 12.5. The normalized spacial score (nSPS) is 10.2. The number of carboxylic acid groups (broad SMARTS) is 1. The van der Waals surface area contributed by atoms with Crippen LogP contribution < -0.4 is 5.11 Å². The molecule has 2 aromatic heterocycles. The molecule has 2 rings (SSSR count). The van der Waals surface area contributed by atoms with E-state index >= 15 is 0 Å². The molecule has 0 atom stereocenters. The van der Waals surface area contributed by atoms with Gasteiger partial charge in [0.2, 0.25) is 0 Å². The van der Waals surface area contributed by atoms with E-state index < -0.39 is 5.97 Å². The number of carbonyl (C=O) groups excluding carboxylic acids is 1. The minimum absolute atomic E-state index is 0.281. The van der Waals surface area contributed by atoms with Crippen LogP contribution in [0.5, 0.6) is 0 Å². The Morgan fingerprint density at radius 1 is 1.23 bits per heavy atom. The third-order valence-electron chi connectivity index (χ3n) is 1.57. The number of rotatable bonds is 2. The zero-order chi connectivity index (χ0) is 9.26. The Morgan fingerprint density at radius 3 is 2.62 bits per heavy atom. The van der Waals surface area contributed by atoms with Crippen molar-refractivity contribution in [3.8, 4) is 9.75 Å². The highest BCUT2D eigenvalue weighted by molar-refractivity contribution is 7.22. The maximum absolute atomic E-state index is 10.5. The highest BCUT2D eigenvalue weighted by Gasteiger charge is 2.03. The van der Waals surface area contributed by atoms with Gasteiger partial charge in [-0.05, 0) is 23.6 Å². The molecule has 0 unspecified atom stereocenters. The van der Waals surface area contributed by atoms with Gasteiger partial charge in [-0.15, -0.1) is 22.7 Å². The van der Waals surface area contributed by atoms with Crippen LogP contribution in [-0.4, -0.2) is 5.97 Å². The maximum atomic E-state index is 10.5. The smallest absolute Gasteiger partial charge is 0.0815 e. The van der Waals surface area contributed by atoms with Crippen molar-refractivity contribution < 1.29 is 9.90 Å². The Kier molecular flexibility index (Phi) is 2.16. The minimum Gasteiger partial charge on any atom is -0.544 e. The molecule has 0 bridgehead atoms. The fourth-order valence-corrected chi connectivity index (χ4v) is 2.67. The quantitative estimate of drug-likeness (QED) is 0.757. The first kappa shape index (κ1) is 8.47. The average molecular weight is 209 g/mol. The molecule has 0 radical (unpaired) electrons. The summed E-state index contributed by atoms with van der Waals surface area (Å²) in [6.07, 6.45) is 0. The summed E-state index contributed by atoms with van der Waals surface area (Å²) >= 11 is 2.85. The van der Waals surface area contributed by atoms with Crippen molar-refractivity contribution >= 4 is 28.6 Å². The van der Waals surface area contributed by atoms with Crippen LogP contribution in [0.25, 0.3) is 9.75 Å². The second kappa shape index (κ2) is 3.32. The van der Waals surface area contributed by atoms with Gasteiger partial charge in [0.15, 0.2) is 0 Å². The standard InChI is InChI=1S/C9H6O2S2/c10-9(11)8-4-3-7(13-8)6-2-1-5-12-6/h1-5H,(H,10,11)/p-1. The Labute approximate surface area is 83.1 Å². The van der Waals surface area contributed by atoms with E-state index in [0.717, 1.165) is 9.75 Å². The zero-order valence-corrected chi connectivity index (χ0v) is 8.15. The van der Waals surface area contributed by atoms with E-state index in [1.807, 2.05) is 23.6 Å². The van der Waals surface area contributed by atoms with E-state index in [2.05, 4.69) is 0 Å². The number of thiophene rings is 2. The molecule has 2 heterocycles. The van der Waals surface area contributed by atoms with Crippen LogP contribution in [0.3, 0.4) is 0 Å². The van der Waals surface area contributed by atoms with E-state index in [9.17, 15) is 9.90 Å². The first-order chi connectivity index (χ1) is 6.27. The van der Waals surface area contributed by atoms with Gasteiger partial charge in [0.05, 0.1) is 10.8 Å². The van der Waals surface area contributed by atoms with Crippen molar-refractivity contribution in [1.29, 1.82) is 0 Å². The third kappa shape index (κ3) is 1.64. The predicted molar refractivity (Wildman–Crippen MR) is 52.0 cm³/mol. The number of carbonyl (C=O) groups is 1. The lowest BCUT2D eigenvalue weighted by Crippen LogP contribution is -2.20. The predicted octanol–water partition coefficient (Wildman–Crippen LogP) is 1.84. The van der Waals surface area contributed by atoms with Crippen LogP contribution >= 0.6 is 22.7 Å². The topological polar surface area (TPSA) is 40.1 Å². The SMILES string of the molecule is O=C([O-])c1ccc(-c2cccs2)s1. The van der Waals surface area contributed by atoms with Gasteiger partial charge in [-0.2, -0.15) is 0 Å². The molecule has 0 aliphatic rings. The molecule has 0 saturated heterocycles. The summed E-state index contributed by atoms with van der Waals surface area (Å²) in [5.41, 5.74) is 0. The van der Waals surface area contributed by atoms with E-state index in [1.54, 1.807) is 17.4 Å². The molecule has 0 aliphatic heterocycles. The van der Waals surface area contributed by atoms with Gasteiger partial charge in [0, 0.05) is 9.75 Å². The third-order valence-corrected chi connectivity index (χ3v) is 3.70. The molecule has 0 saturated carbocycles. The van der Waals surface area contributed by atoms with Crippen molar-refractivity contribution in [2.75, 3.05) is 0 Å². The molecular formula is C9H5O2S2-. The van der Waals surface area contributed by atoms with Gasteiger partial charge >= 0.3 is 0 Å². The van der Waals surface area contributed by atoms with Crippen molar-refractivity contribution in [2.45, 2.75) is 0 Å². The van der Waals surface area contributed by atoms with Gasteiger partial charge in [-0.3, -0.25) is 0 Å². The van der Waals surface area contributed by atoms with E-state index in [-0.39, 0.29) is 4.88 Å². The molecule has 2 nitrogen and oxygen atoms in total. The van der Waals surface area contributed by atoms with Crippen molar-refractivity contribution in [1.82, 2.24) is 0 Å². The summed E-state index contributed by atoms with van der Waals surface area (Å²) < 4.78 is 0. The van der Waals surface area contributed by atoms with Crippen molar-refractivity contribution in [2.24, 2.45) is 0 Å². The van der Waals surface area contributed by atoms with Gasteiger partial charge < -0.3 is 9.90 Å². The summed E-state index contributed by atoms with van der Waals surface area (Å²) in [4.78, 5) is 12.8. The molecule has 2 aromatic rings. The Hall–Kier alpha value is -1.13. The molecule has 0 aliphatic carbocycles. The molecule has 0 spiro atoms. The largest absolute Gasteiger partial charge is 0.544 e. The lowest BCUT2D eigenvalue weighted by molar-refractivity contribution is -0.254. The molecule has 0 N–H and O–H groups in total. The summed E-state index contributed by atoms with van der Waals surface area (Å²) in [6.45, 7) is 0. The zero-order valence-electron chi connectivity index (χ0n) is 6.52. The summed E-state index contributed by atoms with van der Waals surface area (Å²) in [6, 6.07) is 7.30. The molecular weight excluding hydrogens is 204 g/mol. The molecule has 4 heteroatoms. The Balaban J connectivity index is 2.39. The number of hydrogen-bond donors (Lipinski definition) is 0. The Bertz CT molecular complexity index is 415. The maximum Gasteiger partial charge on any atom is 0.0815 e. The fraction of sp³-hybridized carbons (Fsp3) is 0. The number of aromatic carboxylic acids is 1. The van der Waals surface area contributed by atoms with E-state index in [0.29, 0.717) is 0 Å². The highest BCUT2D eigenvalue weighted by atomic mass is 32.1. The van der Waals surface area contributed by atoms with Crippen LogP contribution in [0, 0.1) is 0 Å². The number of hydrogen-bond acceptors (Lipinski definition) is 4. The van der Waals surface area contributed by atoms with Crippen LogP contribution in [-0.2, 0) is 0 Å². The molecule has 66 valence electrons. The van der Waals surface area contributed by atoms with Crippen LogP contribution in [0.4, 0.5) is 0 Å². The molecule has 13 heavy (non-hydrogen) atoms. The first-order valence-corrected chi connectivity index (χ1v) is 5.32. The van der Waals surface area contributed by atoms with Gasteiger partial charge in [0.1, 0.15) is 0 Å². The van der Waals surface area contributed by atoms with E-state index in [1.165, 1.54) is 11.3 Å². The molecule has 0 amide bonds. The molecule has 0 fully saturated rings. The summed E-state index contributed by atoms with van der Waals surface area (Å²) in [7, 11) is 0. The van der Waals surface area contributed by atoms with Gasteiger partial charge in [-0.1, -0.05) is 6.07 Å². The molecule has 0 aromatic carbocycles. The lowest BCUT2D eigenvalue weighted by Gasteiger charge is -1.93. The summed E-state index contributed by atoms with van der Waals surface area (Å²) in [5.74, 6) is -1.10. The Morgan fingerprint density at radius 2 is 2.08 bits per heavy atom. The first-order valence-electron chi connectivity index (χ1n) is 3.62.